The number of methoxy groups -OCH3 is 2. The fourth-order valence-corrected chi connectivity index (χ4v) is 2.50. The van der Waals surface area contributed by atoms with Crippen molar-refractivity contribution in [3.05, 3.63) is 0 Å². The number of likely N-dealkylation sites (N-methyl/N-ethyl adjacent to an activating group) is 1. The van der Waals surface area contributed by atoms with Crippen LogP contribution in [0.25, 0.3) is 0 Å². The van der Waals surface area contributed by atoms with Gasteiger partial charge in [-0.05, 0) is 19.9 Å². The number of hydrogen-bond donors (Lipinski definition) is 2. The number of hydrogen-bond acceptors (Lipinski definition) is 5. The van der Waals surface area contributed by atoms with Gasteiger partial charge in [0, 0.05) is 33.9 Å². The first-order chi connectivity index (χ1) is 8.96. The fourth-order valence-electron chi connectivity index (χ4n) is 2.50. The number of carboxylic acid groups (broad SMARTS) is 1. The molecule has 6 heteroatoms. The van der Waals surface area contributed by atoms with Crippen molar-refractivity contribution < 1.29 is 19.4 Å². The second kappa shape index (κ2) is 7.19. The summed E-state index contributed by atoms with van der Waals surface area (Å²) in [5, 5.41) is 12.3. The Morgan fingerprint density at radius 2 is 1.89 bits per heavy atom. The summed E-state index contributed by atoms with van der Waals surface area (Å²) in [6, 6.07) is 0. The van der Waals surface area contributed by atoms with Gasteiger partial charge in [-0.2, -0.15) is 0 Å². The second-order valence-corrected chi connectivity index (χ2v) is 5.23. The van der Waals surface area contributed by atoms with Gasteiger partial charge in [0.1, 0.15) is 5.54 Å². The first-order valence-corrected chi connectivity index (χ1v) is 6.73. The van der Waals surface area contributed by atoms with Crippen LogP contribution in [0.5, 0.6) is 0 Å². The molecule has 1 aliphatic heterocycles. The standard InChI is InChI=1S/C13H26N2O4/c1-5-14-13(2,12(16)17)6-7-15-8-10(18-3)11(9-15)19-4/h10-11,14H,5-9H2,1-4H3,(H,16,17). The number of ether oxygens (including phenoxy) is 2. The molecule has 0 amide bonds. The molecule has 19 heavy (non-hydrogen) atoms. The minimum atomic E-state index is -0.873. The van der Waals surface area contributed by atoms with E-state index in [9.17, 15) is 9.90 Å². The number of rotatable bonds is 8. The first-order valence-electron chi connectivity index (χ1n) is 6.73. The molecule has 1 aliphatic rings. The van der Waals surface area contributed by atoms with Gasteiger partial charge in [-0.15, -0.1) is 0 Å². The highest BCUT2D eigenvalue weighted by molar-refractivity contribution is 5.78. The number of carboxylic acids is 1. The molecule has 112 valence electrons. The molecule has 1 heterocycles. The molecular formula is C13H26N2O4. The van der Waals surface area contributed by atoms with Crippen LogP contribution in [0, 0.1) is 0 Å². The van der Waals surface area contributed by atoms with Crippen molar-refractivity contribution >= 4 is 5.97 Å². The van der Waals surface area contributed by atoms with Crippen LogP contribution in [0.1, 0.15) is 20.3 Å². The van der Waals surface area contributed by atoms with E-state index in [2.05, 4.69) is 10.2 Å². The zero-order valence-corrected chi connectivity index (χ0v) is 12.3. The first kappa shape index (κ1) is 16.4. The van der Waals surface area contributed by atoms with E-state index in [0.29, 0.717) is 13.0 Å². The maximum atomic E-state index is 11.3. The van der Waals surface area contributed by atoms with Crippen molar-refractivity contribution in [2.75, 3.05) is 40.4 Å². The zero-order valence-electron chi connectivity index (χ0n) is 12.3. The van der Waals surface area contributed by atoms with Gasteiger partial charge in [0.15, 0.2) is 0 Å². The minimum Gasteiger partial charge on any atom is -0.480 e. The zero-order chi connectivity index (χ0) is 14.5. The van der Waals surface area contributed by atoms with Crippen LogP contribution in [-0.2, 0) is 14.3 Å². The highest BCUT2D eigenvalue weighted by atomic mass is 16.5. The Morgan fingerprint density at radius 3 is 2.26 bits per heavy atom. The Morgan fingerprint density at radius 1 is 1.37 bits per heavy atom. The van der Waals surface area contributed by atoms with E-state index in [4.69, 9.17) is 9.47 Å². The van der Waals surface area contributed by atoms with Gasteiger partial charge < -0.3 is 19.9 Å². The number of nitrogens with zero attached hydrogens (tertiary/aromatic N) is 1. The topological polar surface area (TPSA) is 71.0 Å². The lowest BCUT2D eigenvalue weighted by Crippen LogP contribution is -2.51. The Kier molecular flexibility index (Phi) is 6.19. The van der Waals surface area contributed by atoms with Crippen molar-refractivity contribution in [3.8, 4) is 0 Å². The molecule has 1 fully saturated rings. The lowest BCUT2D eigenvalue weighted by molar-refractivity contribution is -0.144. The average molecular weight is 274 g/mol. The van der Waals surface area contributed by atoms with E-state index in [0.717, 1.165) is 19.6 Å². The lowest BCUT2D eigenvalue weighted by atomic mass is 9.97. The predicted molar refractivity (Wildman–Crippen MR) is 72.4 cm³/mol. The van der Waals surface area contributed by atoms with Gasteiger partial charge in [-0.1, -0.05) is 6.92 Å². The molecule has 0 aromatic rings. The van der Waals surface area contributed by atoms with Gasteiger partial charge in [-0.3, -0.25) is 9.69 Å². The van der Waals surface area contributed by atoms with E-state index in [1.807, 2.05) is 6.92 Å². The third kappa shape index (κ3) is 4.14. The molecule has 1 saturated heterocycles. The van der Waals surface area contributed by atoms with Crippen LogP contribution in [0.2, 0.25) is 0 Å². The highest BCUT2D eigenvalue weighted by Gasteiger charge is 2.36. The smallest absolute Gasteiger partial charge is 0.323 e. The molecule has 3 unspecified atom stereocenters. The third-order valence-electron chi connectivity index (χ3n) is 3.86. The van der Waals surface area contributed by atoms with Crippen molar-refractivity contribution in [1.82, 2.24) is 10.2 Å². The van der Waals surface area contributed by atoms with Crippen molar-refractivity contribution in [2.45, 2.75) is 38.0 Å². The molecule has 0 aliphatic carbocycles. The Hall–Kier alpha value is -0.690. The van der Waals surface area contributed by atoms with E-state index in [1.165, 1.54) is 0 Å². The van der Waals surface area contributed by atoms with Crippen molar-refractivity contribution in [2.24, 2.45) is 0 Å². The number of aliphatic carboxylic acids is 1. The highest BCUT2D eigenvalue weighted by Crippen LogP contribution is 2.18. The van der Waals surface area contributed by atoms with Crippen LogP contribution in [0.4, 0.5) is 0 Å². The van der Waals surface area contributed by atoms with Crippen molar-refractivity contribution in [1.29, 1.82) is 0 Å². The van der Waals surface area contributed by atoms with Crippen LogP contribution in [0.3, 0.4) is 0 Å². The number of likely N-dealkylation sites (tertiary alicyclic amines) is 1. The molecule has 3 atom stereocenters. The maximum absolute atomic E-state index is 11.3. The average Bonchev–Trinajstić information content (AvgIpc) is 2.79. The Labute approximate surface area is 115 Å². The molecular weight excluding hydrogens is 248 g/mol. The Bertz CT molecular complexity index is 288. The van der Waals surface area contributed by atoms with E-state index in [-0.39, 0.29) is 12.2 Å². The molecule has 0 bridgehead atoms. The van der Waals surface area contributed by atoms with Gasteiger partial charge in [-0.25, -0.2) is 0 Å². The van der Waals surface area contributed by atoms with Crippen molar-refractivity contribution in [3.63, 3.8) is 0 Å². The number of carbonyl (C=O) groups is 1. The second-order valence-electron chi connectivity index (χ2n) is 5.23. The van der Waals surface area contributed by atoms with Gasteiger partial charge in [0.2, 0.25) is 0 Å². The molecule has 6 nitrogen and oxygen atoms in total. The molecule has 0 aromatic carbocycles. The van der Waals surface area contributed by atoms with E-state index in [1.54, 1.807) is 21.1 Å². The number of nitrogens with one attached hydrogen (secondary N) is 1. The largest absolute Gasteiger partial charge is 0.480 e. The normalized spacial score (nSPS) is 27.4. The predicted octanol–water partition coefficient (Wildman–Crippen LogP) is 0.175. The van der Waals surface area contributed by atoms with Crippen LogP contribution in [0.15, 0.2) is 0 Å². The SMILES string of the molecule is CCNC(C)(CCN1CC(OC)C(OC)C1)C(=O)O. The maximum Gasteiger partial charge on any atom is 0.323 e. The molecule has 0 radical (unpaired) electrons. The van der Waals surface area contributed by atoms with Crippen LogP contribution in [-0.4, -0.2) is 74.1 Å². The lowest BCUT2D eigenvalue weighted by Gasteiger charge is -2.28. The Balaban J connectivity index is 2.50. The summed E-state index contributed by atoms with van der Waals surface area (Å²) in [4.78, 5) is 13.5. The van der Waals surface area contributed by atoms with Crippen LogP contribution >= 0.6 is 0 Å². The quantitative estimate of drug-likeness (QED) is 0.658. The molecule has 0 aromatic heterocycles. The summed E-state index contributed by atoms with van der Waals surface area (Å²) in [5.41, 5.74) is -0.873. The summed E-state index contributed by atoms with van der Waals surface area (Å²) in [5.74, 6) is -0.805. The summed E-state index contributed by atoms with van der Waals surface area (Å²) in [7, 11) is 3.36. The summed E-state index contributed by atoms with van der Waals surface area (Å²) in [6.45, 7) is 6.59. The summed E-state index contributed by atoms with van der Waals surface area (Å²) >= 11 is 0. The van der Waals surface area contributed by atoms with E-state index < -0.39 is 11.5 Å². The van der Waals surface area contributed by atoms with Gasteiger partial charge in [0.05, 0.1) is 12.2 Å². The summed E-state index contributed by atoms with van der Waals surface area (Å²) in [6.07, 6.45) is 0.698. The van der Waals surface area contributed by atoms with E-state index >= 15 is 0 Å². The molecule has 2 N–H and O–H groups in total. The summed E-state index contributed by atoms with van der Waals surface area (Å²) < 4.78 is 10.7. The molecule has 0 spiro atoms. The van der Waals surface area contributed by atoms with Gasteiger partial charge in [0.25, 0.3) is 0 Å². The minimum absolute atomic E-state index is 0.0696. The third-order valence-corrected chi connectivity index (χ3v) is 3.86. The van der Waals surface area contributed by atoms with Crippen LogP contribution < -0.4 is 5.32 Å². The fraction of sp³-hybridized carbons (Fsp3) is 0.923. The van der Waals surface area contributed by atoms with Gasteiger partial charge >= 0.3 is 5.97 Å². The monoisotopic (exact) mass is 274 g/mol. The molecule has 0 saturated carbocycles. The molecule has 1 rings (SSSR count).